The van der Waals surface area contributed by atoms with Gasteiger partial charge in [-0.3, -0.25) is 4.79 Å². The van der Waals surface area contributed by atoms with E-state index in [1.54, 1.807) is 13.1 Å². The maximum absolute atomic E-state index is 14.0. The van der Waals surface area contributed by atoms with Gasteiger partial charge in [-0.2, -0.15) is 0 Å². The molecule has 80 valence electrons. The van der Waals surface area contributed by atoms with Gasteiger partial charge in [-0.25, -0.2) is 4.39 Å². The van der Waals surface area contributed by atoms with Crippen LogP contribution in [-0.2, 0) is 11.2 Å². The van der Waals surface area contributed by atoms with Crippen molar-refractivity contribution in [2.24, 2.45) is 0 Å². The van der Waals surface area contributed by atoms with E-state index in [2.05, 4.69) is 0 Å². The van der Waals surface area contributed by atoms with E-state index in [1.165, 1.54) is 4.90 Å². The maximum atomic E-state index is 14.0. The molecule has 0 spiro atoms. The van der Waals surface area contributed by atoms with Gasteiger partial charge >= 0.3 is 0 Å². The molecule has 1 heterocycles. The van der Waals surface area contributed by atoms with Gasteiger partial charge < -0.3 is 4.90 Å². The van der Waals surface area contributed by atoms with E-state index >= 15 is 0 Å². The molecule has 0 fully saturated rings. The fourth-order valence-corrected chi connectivity index (χ4v) is 1.96. The summed E-state index contributed by atoms with van der Waals surface area (Å²) in [5.41, 5.74) is 1.95. The van der Waals surface area contributed by atoms with E-state index in [0.717, 1.165) is 0 Å². The van der Waals surface area contributed by atoms with Crippen molar-refractivity contribution < 1.29 is 9.18 Å². The third kappa shape index (κ3) is 1.42. The molecule has 2 rings (SSSR count). The second kappa shape index (κ2) is 3.33. The van der Waals surface area contributed by atoms with E-state index < -0.39 is 0 Å². The standard InChI is InChI=1S/C12H14FNO/c1-7(2)8-4-5-10-9(12(8)13)6-11(15)14(10)3/h4-5,7H,6H2,1-3H3. The first-order chi connectivity index (χ1) is 7.02. The van der Waals surface area contributed by atoms with E-state index in [9.17, 15) is 9.18 Å². The van der Waals surface area contributed by atoms with Crippen LogP contribution in [0.4, 0.5) is 10.1 Å². The molecule has 2 nitrogen and oxygen atoms in total. The van der Waals surface area contributed by atoms with Gasteiger partial charge in [0.2, 0.25) is 5.91 Å². The molecule has 0 radical (unpaired) electrons. The maximum Gasteiger partial charge on any atom is 0.231 e. The second-order valence-electron chi connectivity index (χ2n) is 4.25. The Morgan fingerprint density at radius 2 is 2.07 bits per heavy atom. The van der Waals surface area contributed by atoms with Crippen LogP contribution in [0.2, 0.25) is 0 Å². The summed E-state index contributed by atoms with van der Waals surface area (Å²) in [5.74, 6) is -0.0960. The third-order valence-corrected chi connectivity index (χ3v) is 2.93. The molecule has 0 atom stereocenters. The van der Waals surface area contributed by atoms with Crippen LogP contribution < -0.4 is 4.90 Å². The molecule has 15 heavy (non-hydrogen) atoms. The first-order valence-corrected chi connectivity index (χ1v) is 5.10. The van der Waals surface area contributed by atoms with Crippen molar-refractivity contribution in [3.63, 3.8) is 0 Å². The van der Waals surface area contributed by atoms with E-state index in [4.69, 9.17) is 0 Å². The molecule has 1 aromatic carbocycles. The predicted octanol–water partition coefficient (Wildman–Crippen LogP) is 2.47. The van der Waals surface area contributed by atoms with Crippen molar-refractivity contribution in [2.75, 3.05) is 11.9 Å². The predicted molar refractivity (Wildman–Crippen MR) is 57.6 cm³/mol. The summed E-state index contributed by atoms with van der Waals surface area (Å²) in [4.78, 5) is 12.9. The lowest BCUT2D eigenvalue weighted by molar-refractivity contribution is -0.117. The van der Waals surface area contributed by atoms with Gasteiger partial charge in [0.05, 0.1) is 6.42 Å². The number of fused-ring (bicyclic) bond motifs is 1. The highest BCUT2D eigenvalue weighted by Gasteiger charge is 2.28. The number of hydrogen-bond acceptors (Lipinski definition) is 1. The molecule has 0 unspecified atom stereocenters. The van der Waals surface area contributed by atoms with Crippen LogP contribution in [0.3, 0.4) is 0 Å². The summed E-state index contributed by atoms with van der Waals surface area (Å²) in [7, 11) is 1.68. The van der Waals surface area contributed by atoms with Gasteiger partial charge in [-0.1, -0.05) is 19.9 Å². The molecule has 0 bridgehead atoms. The highest BCUT2D eigenvalue weighted by molar-refractivity contribution is 6.01. The van der Waals surface area contributed by atoms with Crippen LogP contribution in [0.1, 0.15) is 30.9 Å². The number of benzene rings is 1. The van der Waals surface area contributed by atoms with Crippen LogP contribution in [0.5, 0.6) is 0 Å². The molecule has 0 aromatic heterocycles. The van der Waals surface area contributed by atoms with Gasteiger partial charge in [-0.15, -0.1) is 0 Å². The Labute approximate surface area is 88.7 Å². The smallest absolute Gasteiger partial charge is 0.231 e. The van der Waals surface area contributed by atoms with E-state index in [0.29, 0.717) is 16.8 Å². The van der Waals surface area contributed by atoms with Crippen molar-refractivity contribution >= 4 is 11.6 Å². The summed E-state index contributed by atoms with van der Waals surface area (Å²) < 4.78 is 14.0. The minimum absolute atomic E-state index is 0.0372. The fraction of sp³-hybridized carbons (Fsp3) is 0.417. The minimum Gasteiger partial charge on any atom is -0.315 e. The Morgan fingerprint density at radius 1 is 1.40 bits per heavy atom. The SMILES string of the molecule is CC(C)c1ccc2c(c1F)CC(=O)N2C. The number of carbonyl (C=O) groups excluding carboxylic acids is 1. The van der Waals surface area contributed by atoms with Gasteiger partial charge in [0.1, 0.15) is 5.82 Å². The minimum atomic E-state index is -0.208. The number of carbonyl (C=O) groups is 1. The average Bonchev–Trinajstić information content (AvgIpc) is 2.45. The van der Waals surface area contributed by atoms with Crippen LogP contribution in [0.25, 0.3) is 0 Å². The highest BCUT2D eigenvalue weighted by atomic mass is 19.1. The molecule has 3 heteroatoms. The molecule has 0 saturated heterocycles. The molecule has 1 aliphatic heterocycles. The van der Waals surface area contributed by atoms with Gasteiger partial charge in [0.15, 0.2) is 0 Å². The molecule has 0 saturated carbocycles. The lowest BCUT2D eigenvalue weighted by Gasteiger charge is -2.13. The summed E-state index contributed by atoms with van der Waals surface area (Å²) in [5, 5.41) is 0. The summed E-state index contributed by atoms with van der Waals surface area (Å²) in [6, 6.07) is 3.60. The molecular weight excluding hydrogens is 193 g/mol. The van der Waals surface area contributed by atoms with Crippen molar-refractivity contribution in [1.29, 1.82) is 0 Å². The molecule has 1 aliphatic rings. The first-order valence-electron chi connectivity index (χ1n) is 5.10. The zero-order valence-electron chi connectivity index (χ0n) is 9.17. The lowest BCUT2D eigenvalue weighted by atomic mass is 9.98. The van der Waals surface area contributed by atoms with Crippen LogP contribution in [0, 0.1) is 5.82 Å². The second-order valence-corrected chi connectivity index (χ2v) is 4.25. The quantitative estimate of drug-likeness (QED) is 0.692. The van der Waals surface area contributed by atoms with Crippen molar-refractivity contribution in [3.05, 3.63) is 29.1 Å². The van der Waals surface area contributed by atoms with E-state index in [1.807, 2.05) is 19.9 Å². The summed E-state index contributed by atoms with van der Waals surface area (Å²) in [6.45, 7) is 3.90. The molecule has 0 aliphatic carbocycles. The Balaban J connectivity index is 2.57. The summed E-state index contributed by atoms with van der Waals surface area (Å²) in [6.07, 6.45) is 0.193. The molecule has 0 N–H and O–H groups in total. The van der Waals surface area contributed by atoms with Crippen LogP contribution in [-0.4, -0.2) is 13.0 Å². The van der Waals surface area contributed by atoms with Gasteiger partial charge in [0, 0.05) is 18.3 Å². The van der Waals surface area contributed by atoms with Crippen molar-refractivity contribution in [2.45, 2.75) is 26.2 Å². The Kier molecular flexibility index (Phi) is 2.25. The summed E-state index contributed by atoms with van der Waals surface area (Å²) >= 11 is 0. The zero-order chi connectivity index (χ0) is 11.2. The monoisotopic (exact) mass is 207 g/mol. The Morgan fingerprint density at radius 3 is 2.67 bits per heavy atom. The number of likely N-dealkylation sites (N-methyl/N-ethyl adjacent to an activating group) is 1. The molecule has 1 amide bonds. The van der Waals surface area contributed by atoms with Gasteiger partial charge in [0.25, 0.3) is 0 Å². The van der Waals surface area contributed by atoms with Crippen molar-refractivity contribution in [3.8, 4) is 0 Å². The number of nitrogens with zero attached hydrogens (tertiary/aromatic N) is 1. The number of amides is 1. The fourth-order valence-electron chi connectivity index (χ4n) is 1.96. The first kappa shape index (κ1) is 10.1. The van der Waals surface area contributed by atoms with E-state index in [-0.39, 0.29) is 24.1 Å². The number of anilines is 1. The number of rotatable bonds is 1. The van der Waals surface area contributed by atoms with Crippen LogP contribution in [0.15, 0.2) is 12.1 Å². The lowest BCUT2D eigenvalue weighted by Crippen LogP contribution is -2.20. The third-order valence-electron chi connectivity index (χ3n) is 2.93. The van der Waals surface area contributed by atoms with Gasteiger partial charge in [-0.05, 0) is 17.5 Å². The Bertz CT molecular complexity index is 426. The molecular formula is C12H14FNO. The normalized spacial score (nSPS) is 15.0. The topological polar surface area (TPSA) is 20.3 Å². The van der Waals surface area contributed by atoms with Crippen molar-refractivity contribution in [1.82, 2.24) is 0 Å². The highest BCUT2D eigenvalue weighted by Crippen LogP contribution is 2.33. The largest absolute Gasteiger partial charge is 0.315 e. The van der Waals surface area contributed by atoms with Crippen LogP contribution >= 0.6 is 0 Å². The molecule has 1 aromatic rings. The zero-order valence-corrected chi connectivity index (χ0v) is 9.17. The number of halogens is 1. The number of hydrogen-bond donors (Lipinski definition) is 0. The Hall–Kier alpha value is -1.38. The average molecular weight is 207 g/mol.